The van der Waals surface area contributed by atoms with Crippen molar-refractivity contribution >= 4 is 18.4 Å². The summed E-state index contributed by atoms with van der Waals surface area (Å²) in [5.74, 6) is -0.157. The first-order valence-corrected chi connectivity index (χ1v) is 3.95. The van der Waals surface area contributed by atoms with E-state index in [9.17, 15) is 4.79 Å². The summed E-state index contributed by atoms with van der Waals surface area (Å²) in [7, 11) is 1.38. The van der Waals surface area contributed by atoms with Crippen LogP contribution in [-0.2, 0) is 9.53 Å². The highest BCUT2D eigenvalue weighted by Crippen LogP contribution is 2.32. The largest absolute Gasteiger partial charge is 0.469 e. The van der Waals surface area contributed by atoms with E-state index in [4.69, 9.17) is 0 Å². The van der Waals surface area contributed by atoms with Crippen molar-refractivity contribution < 1.29 is 9.53 Å². The SMILES string of the molecule is CCC(=O)OC.Cl.c1cc2cc-2c1. The Morgan fingerprint density at radius 1 is 1.38 bits per heavy atom. The molecule has 0 radical (unpaired) electrons. The minimum absolute atomic E-state index is 0. The van der Waals surface area contributed by atoms with Crippen LogP contribution in [0.4, 0.5) is 0 Å². The van der Waals surface area contributed by atoms with Gasteiger partial charge in [0.25, 0.3) is 0 Å². The molecule has 13 heavy (non-hydrogen) atoms. The molecule has 0 fully saturated rings. The maximum Gasteiger partial charge on any atom is 0.305 e. The number of fused-ring (bicyclic) bond motifs is 1. The van der Waals surface area contributed by atoms with Crippen molar-refractivity contribution in [3.63, 3.8) is 0 Å². The van der Waals surface area contributed by atoms with Crippen LogP contribution in [0.25, 0.3) is 11.1 Å². The van der Waals surface area contributed by atoms with E-state index < -0.39 is 0 Å². The smallest absolute Gasteiger partial charge is 0.305 e. The molecule has 0 unspecified atom stereocenters. The average molecular weight is 201 g/mol. The van der Waals surface area contributed by atoms with Gasteiger partial charge in [0, 0.05) is 6.42 Å². The highest BCUT2D eigenvalue weighted by atomic mass is 35.5. The fourth-order valence-corrected chi connectivity index (χ4v) is 0.820. The van der Waals surface area contributed by atoms with E-state index in [-0.39, 0.29) is 18.4 Å². The molecule has 0 spiro atoms. The van der Waals surface area contributed by atoms with Crippen LogP contribution in [0, 0.1) is 0 Å². The van der Waals surface area contributed by atoms with Crippen molar-refractivity contribution in [2.24, 2.45) is 0 Å². The molecule has 0 aromatic rings. The Morgan fingerprint density at radius 3 is 2.00 bits per heavy atom. The highest BCUT2D eigenvalue weighted by Gasteiger charge is 2.06. The number of benzene rings is 1. The highest BCUT2D eigenvalue weighted by molar-refractivity contribution is 5.85. The van der Waals surface area contributed by atoms with Gasteiger partial charge in [-0.1, -0.05) is 25.1 Å². The van der Waals surface area contributed by atoms with Crippen LogP contribution in [0.15, 0.2) is 24.3 Å². The number of carbonyl (C=O) groups excluding carboxylic acids is 1. The zero-order valence-corrected chi connectivity index (χ0v) is 8.56. The summed E-state index contributed by atoms with van der Waals surface area (Å²) in [6.45, 7) is 1.76. The van der Waals surface area contributed by atoms with Gasteiger partial charge in [0.15, 0.2) is 0 Å². The van der Waals surface area contributed by atoms with E-state index in [1.165, 1.54) is 18.2 Å². The number of methoxy groups -OCH3 is 1. The topological polar surface area (TPSA) is 26.3 Å². The zero-order chi connectivity index (χ0) is 8.97. The number of ether oxygens (including phenoxy) is 1. The quantitative estimate of drug-likeness (QED) is 0.662. The summed E-state index contributed by atoms with van der Waals surface area (Å²) in [5, 5.41) is 0. The first-order valence-electron chi connectivity index (χ1n) is 3.95. The molecule has 0 amide bonds. The molecule has 2 aliphatic rings. The predicted molar refractivity (Wildman–Crippen MR) is 55.0 cm³/mol. The van der Waals surface area contributed by atoms with E-state index >= 15 is 0 Å². The standard InChI is InChI=1S/C6H4.C4H8O2.ClH/c1-2-5-4-6(5)3-1;1-3-4(5)6-2;/h1-4H;3H2,1-2H3;1H. The predicted octanol–water partition coefficient (Wildman–Crippen LogP) is 2.66. The van der Waals surface area contributed by atoms with Crippen LogP contribution in [0.5, 0.6) is 0 Å². The summed E-state index contributed by atoms with van der Waals surface area (Å²) in [6.07, 6.45) is 0.469. The normalized spacial score (nSPS) is 8.77. The Labute approximate surface area is 84.3 Å². The molecule has 2 aliphatic carbocycles. The third-order valence-electron chi connectivity index (χ3n) is 1.63. The van der Waals surface area contributed by atoms with Gasteiger partial charge in [-0.25, -0.2) is 0 Å². The minimum Gasteiger partial charge on any atom is -0.469 e. The molecule has 0 aromatic carbocycles. The molecule has 2 nitrogen and oxygen atoms in total. The number of halogens is 1. The Hall–Kier alpha value is -1.02. The van der Waals surface area contributed by atoms with Gasteiger partial charge in [0.1, 0.15) is 0 Å². The number of hydrogen-bond donors (Lipinski definition) is 0. The van der Waals surface area contributed by atoms with E-state index in [0.29, 0.717) is 6.42 Å². The van der Waals surface area contributed by atoms with Gasteiger partial charge < -0.3 is 4.74 Å². The number of hydrogen-bond acceptors (Lipinski definition) is 2. The molecule has 0 aromatic heterocycles. The van der Waals surface area contributed by atoms with Gasteiger partial charge in [-0.15, -0.1) is 12.4 Å². The van der Waals surface area contributed by atoms with Crippen molar-refractivity contribution in [2.75, 3.05) is 7.11 Å². The van der Waals surface area contributed by atoms with Gasteiger partial charge in [-0.3, -0.25) is 4.79 Å². The molecule has 0 N–H and O–H groups in total. The van der Waals surface area contributed by atoms with Gasteiger partial charge in [0.2, 0.25) is 0 Å². The number of rotatable bonds is 1. The third kappa shape index (κ3) is 3.95. The molecule has 0 bridgehead atoms. The first kappa shape index (κ1) is 12.0. The Kier molecular flexibility index (Phi) is 5.16. The lowest BCUT2D eigenvalue weighted by atomic mass is 10.5. The molecule has 0 aliphatic heterocycles. The summed E-state index contributed by atoms with van der Waals surface area (Å²) in [6, 6.07) is 8.48. The fourth-order valence-electron chi connectivity index (χ4n) is 0.820. The van der Waals surface area contributed by atoms with E-state index in [0.717, 1.165) is 0 Å². The second-order valence-corrected chi connectivity index (χ2v) is 2.51. The summed E-state index contributed by atoms with van der Waals surface area (Å²) < 4.78 is 4.26. The van der Waals surface area contributed by atoms with Crippen LogP contribution >= 0.6 is 12.4 Å². The molecule has 0 atom stereocenters. The summed E-state index contributed by atoms with van der Waals surface area (Å²) in [4.78, 5) is 9.96. The van der Waals surface area contributed by atoms with E-state index in [2.05, 4.69) is 29.0 Å². The first-order chi connectivity index (χ1) is 5.77. The van der Waals surface area contributed by atoms with Crippen molar-refractivity contribution in [3.05, 3.63) is 24.3 Å². The Bertz CT molecular complexity index is 261. The van der Waals surface area contributed by atoms with E-state index in [1.54, 1.807) is 6.92 Å². The van der Waals surface area contributed by atoms with Crippen molar-refractivity contribution in [2.45, 2.75) is 13.3 Å². The van der Waals surface area contributed by atoms with Crippen LogP contribution in [0.3, 0.4) is 0 Å². The van der Waals surface area contributed by atoms with E-state index in [1.807, 2.05) is 0 Å². The van der Waals surface area contributed by atoms with Crippen molar-refractivity contribution in [1.82, 2.24) is 0 Å². The maximum absolute atomic E-state index is 9.96. The molecule has 0 heterocycles. The molecule has 2 rings (SSSR count). The van der Waals surface area contributed by atoms with Crippen LogP contribution < -0.4 is 0 Å². The molecule has 72 valence electrons. The molecule has 0 saturated heterocycles. The average Bonchev–Trinajstić information content (AvgIpc) is 2.74. The monoisotopic (exact) mass is 200 g/mol. The lowest BCUT2D eigenvalue weighted by Gasteiger charge is -1.87. The van der Waals surface area contributed by atoms with Crippen LogP contribution in [-0.4, -0.2) is 13.1 Å². The third-order valence-corrected chi connectivity index (χ3v) is 1.63. The lowest BCUT2D eigenvalue weighted by Crippen LogP contribution is -1.94. The summed E-state index contributed by atoms with van der Waals surface area (Å²) >= 11 is 0. The van der Waals surface area contributed by atoms with Gasteiger partial charge in [-0.2, -0.15) is 0 Å². The fraction of sp³-hybridized carbons (Fsp3) is 0.300. The summed E-state index contributed by atoms with van der Waals surface area (Å²) in [5.41, 5.74) is 2.85. The minimum atomic E-state index is -0.157. The van der Waals surface area contributed by atoms with Gasteiger partial charge >= 0.3 is 5.97 Å². The molecule has 0 saturated carbocycles. The molecule has 3 heteroatoms. The number of esters is 1. The maximum atomic E-state index is 9.96. The Morgan fingerprint density at radius 2 is 1.92 bits per heavy atom. The lowest BCUT2D eigenvalue weighted by molar-refractivity contribution is -0.140. The second kappa shape index (κ2) is 5.60. The number of carbonyl (C=O) groups is 1. The Balaban J connectivity index is 0.000000206. The molecular weight excluding hydrogens is 188 g/mol. The van der Waals surface area contributed by atoms with Crippen molar-refractivity contribution in [3.8, 4) is 11.1 Å². The van der Waals surface area contributed by atoms with Crippen LogP contribution in [0.2, 0.25) is 0 Å². The van der Waals surface area contributed by atoms with Crippen molar-refractivity contribution in [1.29, 1.82) is 0 Å². The zero-order valence-electron chi connectivity index (χ0n) is 7.74. The second-order valence-electron chi connectivity index (χ2n) is 2.51. The molecular formula is C10H13ClO2. The van der Waals surface area contributed by atoms with Gasteiger partial charge in [0.05, 0.1) is 7.11 Å². The van der Waals surface area contributed by atoms with Gasteiger partial charge in [-0.05, 0) is 17.2 Å². The van der Waals surface area contributed by atoms with Crippen LogP contribution in [0.1, 0.15) is 13.3 Å².